The van der Waals surface area contributed by atoms with Crippen LogP contribution < -0.4 is 4.90 Å². The standard InChI is InChI=1S/C12H14FNO/c1-4-7-14(3)12-6-5-10(9(2)15)8-11(12)13/h1,5-6,8-9,15H,7H2,2-3H3/t9-/m0/s1. The first-order valence-corrected chi connectivity index (χ1v) is 4.68. The Morgan fingerprint density at radius 3 is 2.73 bits per heavy atom. The molecule has 80 valence electrons. The summed E-state index contributed by atoms with van der Waals surface area (Å²) < 4.78 is 13.6. The van der Waals surface area contributed by atoms with Crippen molar-refractivity contribution in [3.05, 3.63) is 29.6 Å². The molecule has 1 rings (SSSR count). The highest BCUT2D eigenvalue weighted by molar-refractivity contribution is 5.49. The molecule has 0 aliphatic heterocycles. The second-order valence-electron chi connectivity index (χ2n) is 3.45. The van der Waals surface area contributed by atoms with Gasteiger partial charge in [0, 0.05) is 7.05 Å². The molecule has 15 heavy (non-hydrogen) atoms. The summed E-state index contributed by atoms with van der Waals surface area (Å²) >= 11 is 0. The van der Waals surface area contributed by atoms with E-state index in [2.05, 4.69) is 5.92 Å². The lowest BCUT2D eigenvalue weighted by Gasteiger charge is -2.17. The molecule has 0 saturated carbocycles. The number of hydrogen-bond donors (Lipinski definition) is 1. The van der Waals surface area contributed by atoms with Gasteiger partial charge < -0.3 is 10.0 Å². The van der Waals surface area contributed by atoms with Crippen LogP contribution in [0.3, 0.4) is 0 Å². The highest BCUT2D eigenvalue weighted by Gasteiger charge is 2.09. The van der Waals surface area contributed by atoms with Gasteiger partial charge in [-0.1, -0.05) is 12.0 Å². The van der Waals surface area contributed by atoms with Crippen molar-refractivity contribution in [3.8, 4) is 12.3 Å². The Morgan fingerprint density at radius 1 is 1.60 bits per heavy atom. The fourth-order valence-corrected chi connectivity index (χ4v) is 1.31. The fraction of sp³-hybridized carbons (Fsp3) is 0.333. The van der Waals surface area contributed by atoms with E-state index in [1.54, 1.807) is 31.0 Å². The summed E-state index contributed by atoms with van der Waals surface area (Å²) in [6, 6.07) is 4.64. The zero-order valence-corrected chi connectivity index (χ0v) is 8.87. The van der Waals surface area contributed by atoms with Crippen LogP contribution in [0.15, 0.2) is 18.2 Å². The maximum atomic E-state index is 13.6. The molecule has 0 saturated heterocycles. The van der Waals surface area contributed by atoms with Crippen LogP contribution in [0, 0.1) is 18.2 Å². The molecular formula is C12H14FNO. The van der Waals surface area contributed by atoms with E-state index in [-0.39, 0.29) is 5.82 Å². The molecule has 2 nitrogen and oxygen atoms in total. The quantitative estimate of drug-likeness (QED) is 0.766. The van der Waals surface area contributed by atoms with Crippen molar-refractivity contribution in [2.45, 2.75) is 13.0 Å². The largest absolute Gasteiger partial charge is 0.389 e. The molecule has 0 aliphatic carbocycles. The molecule has 0 amide bonds. The third kappa shape index (κ3) is 2.71. The van der Waals surface area contributed by atoms with E-state index >= 15 is 0 Å². The first kappa shape index (κ1) is 11.5. The second kappa shape index (κ2) is 4.81. The molecule has 3 heteroatoms. The molecule has 0 radical (unpaired) electrons. The second-order valence-corrected chi connectivity index (χ2v) is 3.45. The summed E-state index contributed by atoms with van der Waals surface area (Å²) in [7, 11) is 1.72. The highest BCUT2D eigenvalue weighted by Crippen LogP contribution is 2.22. The van der Waals surface area contributed by atoms with Crippen LogP contribution in [-0.2, 0) is 0 Å². The summed E-state index contributed by atoms with van der Waals surface area (Å²) in [4.78, 5) is 1.64. The molecule has 0 aromatic heterocycles. The van der Waals surface area contributed by atoms with Gasteiger partial charge in [0.05, 0.1) is 18.3 Å². The molecule has 0 fully saturated rings. The molecule has 1 N–H and O–H groups in total. The lowest BCUT2D eigenvalue weighted by atomic mass is 10.1. The Hall–Kier alpha value is -1.53. The minimum absolute atomic E-state index is 0.352. The van der Waals surface area contributed by atoms with Crippen LogP contribution in [0.25, 0.3) is 0 Å². The zero-order valence-electron chi connectivity index (χ0n) is 8.87. The number of aliphatic hydroxyl groups excluding tert-OH is 1. The van der Waals surface area contributed by atoms with Gasteiger partial charge in [0.2, 0.25) is 0 Å². The maximum absolute atomic E-state index is 13.6. The smallest absolute Gasteiger partial charge is 0.146 e. The number of anilines is 1. The highest BCUT2D eigenvalue weighted by atomic mass is 19.1. The van der Waals surface area contributed by atoms with Crippen LogP contribution in [-0.4, -0.2) is 18.7 Å². The Kier molecular flexibility index (Phi) is 3.70. The zero-order chi connectivity index (χ0) is 11.4. The lowest BCUT2D eigenvalue weighted by Crippen LogP contribution is -2.18. The van der Waals surface area contributed by atoms with Gasteiger partial charge in [0.15, 0.2) is 0 Å². The van der Waals surface area contributed by atoms with Crippen LogP contribution in [0.4, 0.5) is 10.1 Å². The molecule has 0 heterocycles. The summed E-state index contributed by atoms with van der Waals surface area (Å²) in [6.07, 6.45) is 4.48. The van der Waals surface area contributed by atoms with E-state index in [1.165, 1.54) is 6.07 Å². The summed E-state index contributed by atoms with van der Waals surface area (Å²) in [6.45, 7) is 1.95. The van der Waals surface area contributed by atoms with E-state index < -0.39 is 6.10 Å². The summed E-state index contributed by atoms with van der Waals surface area (Å²) in [5.74, 6) is 2.07. The molecule has 0 spiro atoms. The third-order valence-corrected chi connectivity index (χ3v) is 2.19. The predicted molar refractivity (Wildman–Crippen MR) is 59.1 cm³/mol. The summed E-state index contributed by atoms with van der Waals surface area (Å²) in [5.41, 5.74) is 1.00. The Bertz CT molecular complexity index is 382. The molecule has 0 unspecified atom stereocenters. The Labute approximate surface area is 89.3 Å². The normalized spacial score (nSPS) is 11.9. The van der Waals surface area contributed by atoms with Crippen molar-refractivity contribution in [1.29, 1.82) is 0 Å². The number of halogens is 1. The van der Waals surface area contributed by atoms with Gasteiger partial charge in [-0.15, -0.1) is 6.42 Å². The Balaban J connectivity index is 2.98. The molecule has 1 aromatic carbocycles. The SMILES string of the molecule is C#CCN(C)c1ccc([C@H](C)O)cc1F. The number of aliphatic hydroxyl groups is 1. The van der Waals surface area contributed by atoms with Gasteiger partial charge in [-0.05, 0) is 24.6 Å². The average molecular weight is 207 g/mol. The van der Waals surface area contributed by atoms with Crippen LogP contribution in [0.1, 0.15) is 18.6 Å². The van der Waals surface area contributed by atoms with Crippen LogP contribution in [0.2, 0.25) is 0 Å². The molecule has 1 atom stereocenters. The Morgan fingerprint density at radius 2 is 2.27 bits per heavy atom. The monoisotopic (exact) mass is 207 g/mol. The van der Waals surface area contributed by atoms with E-state index in [0.717, 1.165) is 0 Å². The number of terminal acetylenes is 1. The molecular weight excluding hydrogens is 193 g/mol. The number of hydrogen-bond acceptors (Lipinski definition) is 2. The van der Waals surface area contributed by atoms with Gasteiger partial charge in [-0.25, -0.2) is 4.39 Å². The number of rotatable bonds is 3. The first-order valence-electron chi connectivity index (χ1n) is 4.68. The van der Waals surface area contributed by atoms with E-state index in [4.69, 9.17) is 6.42 Å². The van der Waals surface area contributed by atoms with Crippen LogP contribution >= 0.6 is 0 Å². The fourth-order valence-electron chi connectivity index (χ4n) is 1.31. The minimum atomic E-state index is -0.661. The van der Waals surface area contributed by atoms with Crippen molar-refractivity contribution in [2.24, 2.45) is 0 Å². The molecule has 0 bridgehead atoms. The van der Waals surface area contributed by atoms with Crippen LogP contribution in [0.5, 0.6) is 0 Å². The van der Waals surface area contributed by atoms with E-state index in [1.807, 2.05) is 0 Å². The van der Waals surface area contributed by atoms with E-state index in [9.17, 15) is 9.50 Å². The van der Waals surface area contributed by atoms with Gasteiger partial charge in [0.25, 0.3) is 0 Å². The summed E-state index contributed by atoms with van der Waals surface area (Å²) in [5, 5.41) is 9.27. The predicted octanol–water partition coefficient (Wildman–Crippen LogP) is 1.95. The van der Waals surface area contributed by atoms with Gasteiger partial charge in [0.1, 0.15) is 5.82 Å². The number of benzene rings is 1. The van der Waals surface area contributed by atoms with Crippen molar-refractivity contribution >= 4 is 5.69 Å². The van der Waals surface area contributed by atoms with Gasteiger partial charge >= 0.3 is 0 Å². The number of nitrogens with zero attached hydrogens (tertiary/aromatic N) is 1. The topological polar surface area (TPSA) is 23.5 Å². The maximum Gasteiger partial charge on any atom is 0.146 e. The molecule has 0 aliphatic rings. The van der Waals surface area contributed by atoms with Crippen molar-refractivity contribution in [2.75, 3.05) is 18.5 Å². The van der Waals surface area contributed by atoms with Crippen molar-refractivity contribution < 1.29 is 9.50 Å². The van der Waals surface area contributed by atoms with E-state index in [0.29, 0.717) is 17.8 Å². The van der Waals surface area contributed by atoms with Gasteiger partial charge in [-0.2, -0.15) is 0 Å². The molecule has 1 aromatic rings. The third-order valence-electron chi connectivity index (χ3n) is 2.19. The lowest BCUT2D eigenvalue weighted by molar-refractivity contribution is 0.199. The van der Waals surface area contributed by atoms with Gasteiger partial charge in [-0.3, -0.25) is 0 Å². The average Bonchev–Trinajstić information content (AvgIpc) is 2.17. The van der Waals surface area contributed by atoms with Crippen molar-refractivity contribution in [1.82, 2.24) is 0 Å². The van der Waals surface area contributed by atoms with Crippen molar-refractivity contribution in [3.63, 3.8) is 0 Å². The first-order chi connectivity index (χ1) is 7.06. The minimum Gasteiger partial charge on any atom is -0.389 e.